The lowest BCUT2D eigenvalue weighted by atomic mass is 10.1. The van der Waals surface area contributed by atoms with Crippen molar-refractivity contribution in [3.8, 4) is 0 Å². The van der Waals surface area contributed by atoms with Gasteiger partial charge in [0.25, 0.3) is 0 Å². The van der Waals surface area contributed by atoms with Gasteiger partial charge in [-0.1, -0.05) is 212 Å². The molecule has 0 bridgehead atoms. The van der Waals surface area contributed by atoms with Crippen LogP contribution in [0.2, 0.25) is 0 Å². The zero-order valence-corrected chi connectivity index (χ0v) is 39.8. The van der Waals surface area contributed by atoms with Gasteiger partial charge in [0.15, 0.2) is 6.10 Å². The van der Waals surface area contributed by atoms with Gasteiger partial charge in [0.2, 0.25) is 0 Å². The van der Waals surface area contributed by atoms with Crippen molar-refractivity contribution in [1.82, 2.24) is 0 Å². The van der Waals surface area contributed by atoms with Gasteiger partial charge >= 0.3 is 17.9 Å². The Morgan fingerprint density at radius 3 is 1.29 bits per heavy atom. The second-order valence-electron chi connectivity index (χ2n) is 15.4. The fourth-order valence-electron chi connectivity index (χ4n) is 5.86. The number of rotatable bonds is 41. The van der Waals surface area contributed by atoms with Crippen LogP contribution < -0.4 is 0 Å². The van der Waals surface area contributed by atoms with E-state index in [9.17, 15) is 14.4 Å². The zero-order valence-electron chi connectivity index (χ0n) is 39.8. The third kappa shape index (κ3) is 48.2. The molecule has 0 aromatic heterocycles. The van der Waals surface area contributed by atoms with Crippen LogP contribution in [0.1, 0.15) is 175 Å². The molecule has 350 valence electrons. The van der Waals surface area contributed by atoms with E-state index < -0.39 is 6.10 Å². The minimum absolute atomic E-state index is 0.155. The van der Waals surface area contributed by atoms with E-state index in [-0.39, 0.29) is 50.4 Å². The summed E-state index contributed by atoms with van der Waals surface area (Å²) in [7, 11) is 0. The summed E-state index contributed by atoms with van der Waals surface area (Å²) in [5.41, 5.74) is 0. The first-order chi connectivity index (χ1) is 31.0. The second-order valence-corrected chi connectivity index (χ2v) is 15.4. The molecule has 63 heavy (non-hydrogen) atoms. The maximum absolute atomic E-state index is 12.8. The molecular formula is C57H86O6. The van der Waals surface area contributed by atoms with Crippen LogP contribution in [0.25, 0.3) is 0 Å². The van der Waals surface area contributed by atoms with Crippen molar-refractivity contribution in [2.75, 3.05) is 13.2 Å². The topological polar surface area (TPSA) is 78.9 Å². The molecule has 0 heterocycles. The van der Waals surface area contributed by atoms with E-state index in [0.29, 0.717) is 19.3 Å². The Morgan fingerprint density at radius 2 is 0.746 bits per heavy atom. The Bertz CT molecular complexity index is 1460. The lowest BCUT2D eigenvalue weighted by Gasteiger charge is -2.18. The number of carbonyl (C=O) groups excluding carboxylic acids is 3. The number of esters is 3. The molecule has 0 aliphatic heterocycles. The summed E-state index contributed by atoms with van der Waals surface area (Å²) in [5.74, 6) is -1.15. The maximum atomic E-state index is 12.8. The largest absolute Gasteiger partial charge is 0.462 e. The van der Waals surface area contributed by atoms with Crippen molar-refractivity contribution in [2.45, 2.75) is 181 Å². The quantitative estimate of drug-likeness (QED) is 0.0200. The molecule has 0 aliphatic rings. The van der Waals surface area contributed by atoms with Crippen LogP contribution in [-0.4, -0.2) is 37.2 Å². The van der Waals surface area contributed by atoms with Crippen molar-refractivity contribution in [3.05, 3.63) is 146 Å². The van der Waals surface area contributed by atoms with Gasteiger partial charge in [-0.2, -0.15) is 0 Å². The summed E-state index contributed by atoms with van der Waals surface area (Å²) >= 11 is 0. The predicted molar refractivity (Wildman–Crippen MR) is 269 cm³/mol. The van der Waals surface area contributed by atoms with Gasteiger partial charge in [-0.05, 0) is 89.9 Å². The van der Waals surface area contributed by atoms with E-state index in [0.717, 1.165) is 70.6 Å². The van der Waals surface area contributed by atoms with Crippen LogP contribution in [0, 0.1) is 0 Å². The molecule has 0 saturated heterocycles. The first kappa shape index (κ1) is 58.3. The Balaban J connectivity index is 4.68. The predicted octanol–water partition coefficient (Wildman–Crippen LogP) is 16.1. The van der Waals surface area contributed by atoms with Crippen molar-refractivity contribution >= 4 is 17.9 Å². The van der Waals surface area contributed by atoms with E-state index in [1.807, 2.05) is 66.8 Å². The van der Waals surface area contributed by atoms with Gasteiger partial charge in [-0.3, -0.25) is 14.4 Å². The molecule has 0 radical (unpaired) electrons. The van der Waals surface area contributed by atoms with Crippen LogP contribution in [-0.2, 0) is 28.6 Å². The van der Waals surface area contributed by atoms with E-state index in [1.165, 1.54) is 44.9 Å². The SMILES string of the molecule is CC/C=C/C=C/C=C/C=C/C=C/CCCC(=O)OCC(COC(=O)CC/C=C/C/C=C/C/C=C/C/C=C/C/C=C/CC)OC(=O)CCCCC/C=C/C=C/CCCCCCCCC. The minimum Gasteiger partial charge on any atom is -0.462 e. The number of allylic oxidation sites excluding steroid dienone is 24. The number of hydrogen-bond donors (Lipinski definition) is 0. The summed E-state index contributed by atoms with van der Waals surface area (Å²) in [4.78, 5) is 37.8. The highest BCUT2D eigenvalue weighted by molar-refractivity contribution is 5.71. The molecule has 0 aliphatic carbocycles. The van der Waals surface area contributed by atoms with Gasteiger partial charge in [0.05, 0.1) is 0 Å². The Kier molecular flexibility index (Phi) is 46.2. The van der Waals surface area contributed by atoms with Crippen LogP contribution in [0.15, 0.2) is 146 Å². The molecule has 0 N–H and O–H groups in total. The zero-order chi connectivity index (χ0) is 45.8. The molecule has 1 atom stereocenters. The molecule has 0 spiro atoms. The maximum Gasteiger partial charge on any atom is 0.306 e. The van der Waals surface area contributed by atoms with E-state index in [2.05, 4.69) is 99.8 Å². The van der Waals surface area contributed by atoms with Crippen LogP contribution in [0.3, 0.4) is 0 Å². The average Bonchev–Trinajstić information content (AvgIpc) is 3.28. The fourth-order valence-corrected chi connectivity index (χ4v) is 5.86. The van der Waals surface area contributed by atoms with Gasteiger partial charge < -0.3 is 14.2 Å². The van der Waals surface area contributed by atoms with Gasteiger partial charge in [-0.25, -0.2) is 0 Å². The highest BCUT2D eigenvalue weighted by Gasteiger charge is 2.19. The monoisotopic (exact) mass is 867 g/mol. The summed E-state index contributed by atoms with van der Waals surface area (Å²) in [5, 5.41) is 0. The van der Waals surface area contributed by atoms with Crippen molar-refractivity contribution in [3.63, 3.8) is 0 Å². The first-order valence-electron chi connectivity index (χ1n) is 24.4. The lowest BCUT2D eigenvalue weighted by molar-refractivity contribution is -0.166. The minimum atomic E-state index is -0.856. The molecule has 0 fully saturated rings. The Labute approximate surface area is 385 Å². The number of hydrogen-bond acceptors (Lipinski definition) is 6. The van der Waals surface area contributed by atoms with Crippen molar-refractivity contribution in [1.29, 1.82) is 0 Å². The van der Waals surface area contributed by atoms with Crippen LogP contribution >= 0.6 is 0 Å². The Hall–Kier alpha value is -4.71. The standard InChI is InChI=1S/C57H86O6/c1-4-7-10-13-16-19-22-25-27-29-32-35-38-41-44-47-50-56(59)62-53-54(52-61-55(58)49-46-43-40-37-34-31-24-21-18-15-12-9-6-3)63-57(60)51-48-45-42-39-36-33-30-28-26-23-20-17-14-11-8-5-2/h7,9-10,12,15-16,18-19,21,24-25,27-28,30-37,40-41,44,54H,4-6,8,11,13-14,17,20,22-23,26,29,38-39,42-43,45-53H2,1-3H3/b10-7+,12-9+,18-15+,19-16+,24-21+,27-25+,30-28+,34-31+,35-32+,36-33+,40-37+,44-41+. The fraction of sp³-hybridized carbons (Fsp3) is 0.526. The van der Waals surface area contributed by atoms with Crippen LogP contribution in [0.4, 0.5) is 0 Å². The molecule has 0 aromatic rings. The normalized spacial score (nSPS) is 13.4. The van der Waals surface area contributed by atoms with Crippen molar-refractivity contribution < 1.29 is 28.6 Å². The molecule has 6 heteroatoms. The van der Waals surface area contributed by atoms with E-state index in [4.69, 9.17) is 14.2 Å². The summed E-state index contributed by atoms with van der Waals surface area (Å²) in [6, 6.07) is 0. The third-order valence-electron chi connectivity index (χ3n) is 9.48. The molecular weight excluding hydrogens is 781 g/mol. The van der Waals surface area contributed by atoms with E-state index in [1.54, 1.807) is 0 Å². The molecule has 1 unspecified atom stereocenters. The lowest BCUT2D eigenvalue weighted by Crippen LogP contribution is -2.30. The van der Waals surface area contributed by atoms with Gasteiger partial charge in [-0.15, -0.1) is 0 Å². The number of unbranched alkanes of at least 4 members (excludes halogenated alkanes) is 11. The number of ether oxygens (including phenoxy) is 3. The molecule has 6 nitrogen and oxygen atoms in total. The molecule has 0 rings (SSSR count). The highest BCUT2D eigenvalue weighted by atomic mass is 16.6. The number of carbonyl (C=O) groups is 3. The third-order valence-corrected chi connectivity index (χ3v) is 9.48. The Morgan fingerprint density at radius 1 is 0.349 bits per heavy atom. The summed E-state index contributed by atoms with van der Waals surface area (Å²) in [6.07, 6.45) is 71.4. The van der Waals surface area contributed by atoms with Crippen molar-refractivity contribution in [2.24, 2.45) is 0 Å². The highest BCUT2D eigenvalue weighted by Crippen LogP contribution is 2.11. The van der Waals surface area contributed by atoms with Gasteiger partial charge in [0, 0.05) is 19.3 Å². The van der Waals surface area contributed by atoms with Gasteiger partial charge in [0.1, 0.15) is 13.2 Å². The molecule has 0 amide bonds. The molecule has 0 aromatic carbocycles. The molecule has 0 saturated carbocycles. The van der Waals surface area contributed by atoms with Crippen LogP contribution in [0.5, 0.6) is 0 Å². The summed E-state index contributed by atoms with van der Waals surface area (Å²) < 4.78 is 16.6. The average molecular weight is 867 g/mol. The smallest absolute Gasteiger partial charge is 0.306 e. The summed E-state index contributed by atoms with van der Waals surface area (Å²) in [6.45, 7) is 6.18. The second kappa shape index (κ2) is 49.9. The van der Waals surface area contributed by atoms with E-state index >= 15 is 0 Å². The first-order valence-corrected chi connectivity index (χ1v) is 24.4.